The Kier molecular flexibility index (Phi) is 15.6. The number of esters is 1. The zero-order valence-corrected chi connectivity index (χ0v) is 24.5. The van der Waals surface area contributed by atoms with Gasteiger partial charge in [0, 0.05) is 6.42 Å². The quantitative estimate of drug-likeness (QED) is 0.158. The van der Waals surface area contributed by atoms with Crippen molar-refractivity contribution in [2.75, 3.05) is 6.54 Å². The number of carbonyl (C=O) groups excluding carboxylic acids is 3. The van der Waals surface area contributed by atoms with Gasteiger partial charge in [0.15, 0.2) is 5.54 Å². The molecule has 0 spiro atoms. The van der Waals surface area contributed by atoms with Crippen LogP contribution in [-0.2, 0) is 29.5 Å². The van der Waals surface area contributed by atoms with Gasteiger partial charge >= 0.3 is 11.9 Å². The van der Waals surface area contributed by atoms with Crippen molar-refractivity contribution in [3.63, 3.8) is 0 Å². The number of nitrogens with zero attached hydrogens (tertiary/aromatic N) is 1. The molecule has 0 aromatic heterocycles. The van der Waals surface area contributed by atoms with E-state index in [1.807, 2.05) is 0 Å². The molecule has 0 heterocycles. The minimum Gasteiger partial charge on any atom is -0.481 e. The molecule has 0 aliphatic rings. The highest BCUT2D eigenvalue weighted by molar-refractivity contribution is 6.03. The van der Waals surface area contributed by atoms with E-state index in [1.165, 1.54) is 57.1 Å². The zero-order valence-electron chi connectivity index (χ0n) is 24.5. The fraction of sp³-hybridized carbons (Fsp3) is 0.677. The smallest absolute Gasteiger partial charge is 0.338 e. The van der Waals surface area contributed by atoms with Crippen molar-refractivity contribution in [2.24, 2.45) is 5.73 Å². The van der Waals surface area contributed by atoms with Crippen molar-refractivity contribution >= 4 is 23.8 Å². The van der Waals surface area contributed by atoms with Crippen LogP contribution in [0, 0.1) is 0 Å². The maximum Gasteiger partial charge on any atom is 0.338 e. The number of amides is 2. The summed E-state index contributed by atoms with van der Waals surface area (Å²) in [5.41, 5.74) is 2.70. The average molecular weight is 547 g/mol. The summed E-state index contributed by atoms with van der Waals surface area (Å²) in [5.74, 6) is -3.78. The molecule has 0 bridgehead atoms. The topological polar surface area (TPSA) is 127 Å². The van der Waals surface area contributed by atoms with Crippen molar-refractivity contribution in [1.29, 1.82) is 0 Å². The first-order valence-corrected chi connectivity index (χ1v) is 14.6. The predicted octanol–water partition coefficient (Wildman–Crippen LogP) is 6.10. The Morgan fingerprint density at radius 2 is 1.28 bits per heavy atom. The monoisotopic (exact) mass is 546 g/mol. The fourth-order valence-corrected chi connectivity index (χ4v) is 4.77. The summed E-state index contributed by atoms with van der Waals surface area (Å²) in [6, 6.07) is 8.00. The van der Waals surface area contributed by atoms with Gasteiger partial charge in [-0.2, -0.15) is 0 Å². The summed E-state index contributed by atoms with van der Waals surface area (Å²) >= 11 is 0. The van der Waals surface area contributed by atoms with Crippen LogP contribution in [0.3, 0.4) is 0 Å². The van der Waals surface area contributed by atoms with E-state index in [0.717, 1.165) is 30.6 Å². The van der Waals surface area contributed by atoms with Crippen molar-refractivity contribution in [3.8, 4) is 0 Å². The number of ether oxygens (including phenoxy) is 1. The van der Waals surface area contributed by atoms with Crippen molar-refractivity contribution < 1.29 is 29.0 Å². The second kappa shape index (κ2) is 17.8. The Hall–Kier alpha value is -2.74. The molecule has 1 aromatic rings. The van der Waals surface area contributed by atoms with Crippen LogP contribution in [0.4, 0.5) is 0 Å². The summed E-state index contributed by atoms with van der Waals surface area (Å²) in [7, 11) is 0. The number of carboxylic acids is 1. The highest BCUT2D eigenvalue weighted by Gasteiger charge is 2.54. The molecule has 1 atom stereocenters. The van der Waals surface area contributed by atoms with Crippen LogP contribution in [0.15, 0.2) is 30.3 Å². The van der Waals surface area contributed by atoms with E-state index in [9.17, 15) is 24.3 Å². The lowest BCUT2D eigenvalue weighted by molar-refractivity contribution is -0.182. The van der Waals surface area contributed by atoms with Crippen LogP contribution >= 0.6 is 0 Å². The molecule has 0 aliphatic carbocycles. The molecular formula is C31H50N2O6. The second-order valence-corrected chi connectivity index (χ2v) is 11.3. The molecule has 0 fully saturated rings. The van der Waals surface area contributed by atoms with Gasteiger partial charge in [-0.3, -0.25) is 19.3 Å². The maximum absolute atomic E-state index is 13.7. The SMILES string of the molecule is CCCCCCCCCCCCCCC(=O)N(C(=O)CN)[C@@](CC(=O)O)(C(=O)OC(C)(C)C)c1ccccc1. The molecule has 39 heavy (non-hydrogen) atoms. The zero-order chi connectivity index (χ0) is 29.3. The van der Waals surface area contributed by atoms with Crippen molar-refractivity contribution in [3.05, 3.63) is 35.9 Å². The minimum absolute atomic E-state index is 0.000168. The Morgan fingerprint density at radius 3 is 1.72 bits per heavy atom. The third kappa shape index (κ3) is 11.9. The summed E-state index contributed by atoms with van der Waals surface area (Å²) in [4.78, 5) is 53.2. The molecule has 0 unspecified atom stereocenters. The van der Waals surface area contributed by atoms with Gasteiger partial charge in [-0.1, -0.05) is 108 Å². The Balaban J connectivity index is 2.98. The summed E-state index contributed by atoms with van der Waals surface area (Å²) in [6.45, 7) is 6.60. The summed E-state index contributed by atoms with van der Waals surface area (Å²) in [6.07, 6.45) is 12.7. The third-order valence-corrected chi connectivity index (χ3v) is 6.69. The first-order chi connectivity index (χ1) is 18.5. The largest absolute Gasteiger partial charge is 0.481 e. The van der Waals surface area contributed by atoms with Crippen molar-refractivity contribution in [1.82, 2.24) is 4.90 Å². The molecule has 0 aliphatic heterocycles. The fourth-order valence-electron chi connectivity index (χ4n) is 4.77. The highest BCUT2D eigenvalue weighted by atomic mass is 16.6. The number of nitrogens with two attached hydrogens (primary N) is 1. The lowest BCUT2D eigenvalue weighted by atomic mass is 9.83. The van der Waals surface area contributed by atoms with Gasteiger partial charge in [0.2, 0.25) is 11.8 Å². The summed E-state index contributed by atoms with van der Waals surface area (Å²) < 4.78 is 5.61. The Labute approximate surface area is 234 Å². The van der Waals surface area contributed by atoms with Gasteiger partial charge in [0.25, 0.3) is 0 Å². The van der Waals surface area contributed by atoms with Crippen LogP contribution in [0.2, 0.25) is 0 Å². The first kappa shape index (κ1) is 34.3. The molecule has 220 valence electrons. The average Bonchev–Trinajstić information content (AvgIpc) is 2.87. The van der Waals surface area contributed by atoms with E-state index in [4.69, 9.17) is 10.5 Å². The molecule has 0 saturated heterocycles. The number of benzene rings is 1. The number of carboxylic acid groups (broad SMARTS) is 1. The summed E-state index contributed by atoms with van der Waals surface area (Å²) in [5, 5.41) is 9.84. The Bertz CT molecular complexity index is 896. The molecule has 8 heteroatoms. The number of aliphatic carboxylic acids is 1. The molecule has 0 saturated carbocycles. The predicted molar refractivity (Wildman–Crippen MR) is 153 cm³/mol. The number of rotatable bonds is 19. The van der Waals surface area contributed by atoms with E-state index in [2.05, 4.69) is 6.92 Å². The highest BCUT2D eigenvalue weighted by Crippen LogP contribution is 2.36. The molecule has 3 N–H and O–H groups in total. The molecule has 0 radical (unpaired) electrons. The van der Waals surface area contributed by atoms with Crippen LogP contribution in [0.25, 0.3) is 0 Å². The first-order valence-electron chi connectivity index (χ1n) is 14.6. The molecule has 8 nitrogen and oxygen atoms in total. The number of unbranched alkanes of at least 4 members (excludes halogenated alkanes) is 11. The maximum atomic E-state index is 13.7. The van der Waals surface area contributed by atoms with Gasteiger partial charge in [0.05, 0.1) is 13.0 Å². The van der Waals surface area contributed by atoms with Gasteiger partial charge in [-0.05, 0) is 32.8 Å². The van der Waals surface area contributed by atoms with Crippen LogP contribution in [0.5, 0.6) is 0 Å². The number of hydrogen-bond donors (Lipinski definition) is 2. The molecule has 1 aromatic carbocycles. The number of hydrogen-bond acceptors (Lipinski definition) is 6. The minimum atomic E-state index is -2.18. The lowest BCUT2D eigenvalue weighted by Crippen LogP contribution is -2.60. The second-order valence-electron chi connectivity index (χ2n) is 11.3. The van der Waals surface area contributed by atoms with E-state index < -0.39 is 47.9 Å². The van der Waals surface area contributed by atoms with Crippen LogP contribution in [0.1, 0.15) is 123 Å². The molecule has 1 rings (SSSR count). The van der Waals surface area contributed by atoms with Gasteiger partial charge < -0.3 is 15.6 Å². The standard InChI is InChI=1S/C31H50N2O6/c1-5-6-7-8-9-10-11-12-13-14-15-19-22-26(34)33(27(35)24-32)31(23-28(36)37,25-20-17-16-18-21-25)29(38)39-30(2,3)4/h16-18,20-21H,5-15,19,22-24,32H2,1-4H3,(H,36,37)/t31-/m1/s1. The van der Waals surface area contributed by atoms with E-state index in [1.54, 1.807) is 39.0 Å². The molecular weight excluding hydrogens is 496 g/mol. The van der Waals surface area contributed by atoms with Crippen LogP contribution in [-0.4, -0.2) is 45.9 Å². The Morgan fingerprint density at radius 1 is 0.795 bits per heavy atom. The van der Waals surface area contributed by atoms with E-state index in [-0.39, 0.29) is 12.0 Å². The van der Waals surface area contributed by atoms with E-state index >= 15 is 0 Å². The number of carbonyl (C=O) groups is 4. The molecule has 2 amide bonds. The van der Waals surface area contributed by atoms with Gasteiger partial charge in [-0.15, -0.1) is 0 Å². The van der Waals surface area contributed by atoms with E-state index in [0.29, 0.717) is 6.42 Å². The normalized spacial score (nSPS) is 12.9. The number of imide groups is 1. The third-order valence-electron chi connectivity index (χ3n) is 6.69. The van der Waals surface area contributed by atoms with Gasteiger partial charge in [0.1, 0.15) is 5.60 Å². The van der Waals surface area contributed by atoms with Gasteiger partial charge in [-0.25, -0.2) is 4.79 Å². The lowest BCUT2D eigenvalue weighted by Gasteiger charge is -2.41. The van der Waals surface area contributed by atoms with Crippen LogP contribution < -0.4 is 5.73 Å². The van der Waals surface area contributed by atoms with Crippen molar-refractivity contribution in [2.45, 2.75) is 129 Å².